The Labute approximate surface area is 253 Å². The molecule has 0 spiro atoms. The van der Waals surface area contributed by atoms with Crippen molar-refractivity contribution in [3.05, 3.63) is 107 Å². The SMILES string of the molecule is COC(=O)c1ccc(NC(=O)N(Cc2ccccc2)C2CCN(Cc3nc(-c4ccc(C(F)(F)F)cc4)[nH]c3C)CC2)cc1. The number of H-pyrrole nitrogens is 1. The van der Waals surface area contributed by atoms with E-state index in [1.807, 2.05) is 42.2 Å². The highest BCUT2D eigenvalue weighted by atomic mass is 19.4. The van der Waals surface area contributed by atoms with Gasteiger partial charge >= 0.3 is 18.2 Å². The summed E-state index contributed by atoms with van der Waals surface area (Å²) in [4.78, 5) is 37.4. The third-order valence-corrected chi connectivity index (χ3v) is 7.86. The van der Waals surface area contributed by atoms with Crippen LogP contribution in [0.15, 0.2) is 78.9 Å². The van der Waals surface area contributed by atoms with Gasteiger partial charge in [-0.2, -0.15) is 13.2 Å². The van der Waals surface area contributed by atoms with Gasteiger partial charge in [-0.15, -0.1) is 0 Å². The number of benzene rings is 3. The molecule has 0 atom stereocenters. The highest BCUT2D eigenvalue weighted by Gasteiger charge is 2.31. The minimum Gasteiger partial charge on any atom is -0.465 e. The van der Waals surface area contributed by atoms with Crippen molar-refractivity contribution in [3.8, 4) is 11.4 Å². The molecule has 1 aliphatic rings. The number of imidazole rings is 1. The fourth-order valence-corrected chi connectivity index (χ4v) is 5.35. The van der Waals surface area contributed by atoms with Gasteiger partial charge in [0.05, 0.1) is 23.9 Å². The molecule has 11 heteroatoms. The van der Waals surface area contributed by atoms with Crippen LogP contribution in [0.4, 0.5) is 23.7 Å². The zero-order valence-electron chi connectivity index (χ0n) is 24.5. The number of urea groups is 1. The summed E-state index contributed by atoms with van der Waals surface area (Å²) in [7, 11) is 1.32. The lowest BCUT2D eigenvalue weighted by Gasteiger charge is -2.38. The zero-order chi connectivity index (χ0) is 31.3. The molecule has 2 N–H and O–H groups in total. The molecule has 0 saturated carbocycles. The number of amides is 2. The molecule has 230 valence electrons. The molecule has 8 nitrogen and oxygen atoms in total. The topological polar surface area (TPSA) is 90.6 Å². The third-order valence-electron chi connectivity index (χ3n) is 7.86. The lowest BCUT2D eigenvalue weighted by Crippen LogP contribution is -2.48. The molecule has 3 aromatic carbocycles. The second-order valence-electron chi connectivity index (χ2n) is 10.9. The van der Waals surface area contributed by atoms with E-state index in [1.165, 1.54) is 19.2 Å². The number of rotatable bonds is 8. The molecular formula is C33H34F3N5O3. The Morgan fingerprint density at radius 3 is 2.27 bits per heavy atom. The van der Waals surface area contributed by atoms with Gasteiger partial charge in [-0.05, 0) is 61.7 Å². The number of anilines is 1. The van der Waals surface area contributed by atoms with Crippen LogP contribution in [0.25, 0.3) is 11.4 Å². The summed E-state index contributed by atoms with van der Waals surface area (Å²) in [6.45, 7) is 4.45. The summed E-state index contributed by atoms with van der Waals surface area (Å²) in [5, 5.41) is 2.98. The minimum atomic E-state index is -4.39. The van der Waals surface area contributed by atoms with E-state index in [9.17, 15) is 22.8 Å². The molecule has 0 bridgehead atoms. The number of aryl methyl sites for hydroxylation is 1. The zero-order valence-corrected chi connectivity index (χ0v) is 24.5. The van der Waals surface area contributed by atoms with Gasteiger partial charge in [-0.1, -0.05) is 42.5 Å². The number of esters is 1. The highest BCUT2D eigenvalue weighted by Crippen LogP contribution is 2.31. The van der Waals surface area contributed by atoms with Crippen molar-refractivity contribution < 1.29 is 27.5 Å². The molecule has 2 amide bonds. The van der Waals surface area contributed by atoms with Crippen LogP contribution in [-0.4, -0.2) is 58.0 Å². The van der Waals surface area contributed by atoms with Crippen molar-refractivity contribution in [3.63, 3.8) is 0 Å². The van der Waals surface area contributed by atoms with Gasteiger partial charge in [0, 0.05) is 49.2 Å². The largest absolute Gasteiger partial charge is 0.465 e. The number of hydrogen-bond acceptors (Lipinski definition) is 5. The van der Waals surface area contributed by atoms with Gasteiger partial charge < -0.3 is 19.9 Å². The van der Waals surface area contributed by atoms with Crippen molar-refractivity contribution in [2.45, 2.75) is 45.1 Å². The van der Waals surface area contributed by atoms with Gasteiger partial charge in [-0.3, -0.25) is 4.90 Å². The first-order valence-corrected chi connectivity index (χ1v) is 14.4. The predicted octanol–water partition coefficient (Wildman–Crippen LogP) is 6.89. The van der Waals surface area contributed by atoms with Crippen molar-refractivity contribution in [2.75, 3.05) is 25.5 Å². The van der Waals surface area contributed by atoms with E-state index in [-0.39, 0.29) is 12.1 Å². The van der Waals surface area contributed by atoms with E-state index in [4.69, 9.17) is 9.72 Å². The van der Waals surface area contributed by atoms with Gasteiger partial charge in [-0.25, -0.2) is 14.6 Å². The molecule has 2 heterocycles. The number of likely N-dealkylation sites (tertiary alicyclic amines) is 1. The maximum absolute atomic E-state index is 13.6. The van der Waals surface area contributed by atoms with Crippen LogP contribution in [-0.2, 0) is 24.0 Å². The number of halogens is 3. The Kier molecular flexibility index (Phi) is 9.34. The third kappa shape index (κ3) is 7.46. The van der Waals surface area contributed by atoms with E-state index in [0.717, 1.165) is 55.0 Å². The summed E-state index contributed by atoms with van der Waals surface area (Å²) in [6, 6.07) is 21.2. The normalized spacial score (nSPS) is 14.3. The van der Waals surface area contributed by atoms with Crippen molar-refractivity contribution >= 4 is 17.7 Å². The second-order valence-corrected chi connectivity index (χ2v) is 10.9. The number of nitrogens with one attached hydrogen (secondary N) is 2. The lowest BCUT2D eigenvalue weighted by atomic mass is 10.0. The molecule has 5 rings (SSSR count). The number of aromatic nitrogens is 2. The first kappa shape index (κ1) is 30.8. The average Bonchev–Trinajstić information content (AvgIpc) is 3.40. The first-order chi connectivity index (χ1) is 21.1. The molecule has 1 fully saturated rings. The van der Waals surface area contributed by atoms with Gasteiger partial charge in [0.2, 0.25) is 0 Å². The Balaban J connectivity index is 1.23. The maximum atomic E-state index is 13.6. The van der Waals surface area contributed by atoms with E-state index in [0.29, 0.717) is 35.7 Å². The molecule has 0 unspecified atom stereocenters. The number of carbonyl (C=O) groups excluding carboxylic acids is 2. The predicted molar refractivity (Wildman–Crippen MR) is 161 cm³/mol. The van der Waals surface area contributed by atoms with Gasteiger partial charge in [0.1, 0.15) is 5.82 Å². The number of piperidine rings is 1. The van der Waals surface area contributed by atoms with E-state index in [2.05, 4.69) is 15.2 Å². The van der Waals surface area contributed by atoms with Crippen LogP contribution in [0.5, 0.6) is 0 Å². The summed E-state index contributed by atoms with van der Waals surface area (Å²) >= 11 is 0. The lowest BCUT2D eigenvalue weighted by molar-refractivity contribution is -0.137. The number of aromatic amines is 1. The van der Waals surface area contributed by atoms with Crippen molar-refractivity contribution in [1.82, 2.24) is 19.8 Å². The molecule has 44 heavy (non-hydrogen) atoms. The van der Waals surface area contributed by atoms with Crippen molar-refractivity contribution in [1.29, 1.82) is 0 Å². The van der Waals surface area contributed by atoms with Crippen LogP contribution < -0.4 is 5.32 Å². The summed E-state index contributed by atoms with van der Waals surface area (Å²) in [5.74, 6) is 0.0904. The van der Waals surface area contributed by atoms with Crippen molar-refractivity contribution in [2.24, 2.45) is 0 Å². The maximum Gasteiger partial charge on any atom is 0.416 e. The number of carbonyl (C=O) groups is 2. The van der Waals surface area contributed by atoms with Crippen LogP contribution in [0.2, 0.25) is 0 Å². The number of nitrogens with zero attached hydrogens (tertiary/aromatic N) is 3. The van der Waals surface area contributed by atoms with Gasteiger partial charge in [0.25, 0.3) is 0 Å². The second kappa shape index (κ2) is 13.3. The minimum absolute atomic E-state index is 0.00351. The Bertz CT molecular complexity index is 1560. The Morgan fingerprint density at radius 2 is 1.66 bits per heavy atom. The number of ether oxygens (including phenoxy) is 1. The summed E-state index contributed by atoms with van der Waals surface area (Å²) in [5.41, 5.74) is 3.60. The number of alkyl halides is 3. The molecule has 0 aliphatic carbocycles. The fraction of sp³-hybridized carbons (Fsp3) is 0.303. The highest BCUT2D eigenvalue weighted by molar-refractivity contribution is 5.92. The van der Waals surface area contributed by atoms with Crippen LogP contribution in [0.1, 0.15) is 45.7 Å². The average molecular weight is 606 g/mol. The summed E-state index contributed by atoms with van der Waals surface area (Å²) in [6.07, 6.45) is -2.86. The number of hydrogen-bond donors (Lipinski definition) is 2. The van der Waals surface area contributed by atoms with Crippen LogP contribution >= 0.6 is 0 Å². The van der Waals surface area contributed by atoms with Gasteiger partial charge in [0.15, 0.2) is 0 Å². The molecule has 1 aromatic heterocycles. The molecule has 0 radical (unpaired) electrons. The number of methoxy groups -OCH3 is 1. The smallest absolute Gasteiger partial charge is 0.416 e. The Morgan fingerprint density at radius 1 is 1.00 bits per heavy atom. The summed E-state index contributed by atoms with van der Waals surface area (Å²) < 4.78 is 43.6. The van der Waals surface area contributed by atoms with Crippen LogP contribution in [0, 0.1) is 6.92 Å². The van der Waals surface area contributed by atoms with E-state index >= 15 is 0 Å². The molecule has 1 aliphatic heterocycles. The molecular weight excluding hydrogens is 571 g/mol. The monoisotopic (exact) mass is 605 g/mol. The Hall–Kier alpha value is -4.64. The first-order valence-electron chi connectivity index (χ1n) is 14.4. The molecule has 1 saturated heterocycles. The fourth-order valence-electron chi connectivity index (χ4n) is 5.35. The van der Waals surface area contributed by atoms with E-state index in [1.54, 1.807) is 24.3 Å². The standard InChI is InChI=1S/C33H34F3N5O3/c1-22-29(39-30(37-22)24-8-12-26(13-9-24)33(34,35)36)21-40-18-16-28(17-19-40)41(20-23-6-4-3-5-7-23)32(43)38-27-14-10-25(11-15-27)31(42)44-2/h3-15,28H,16-21H2,1-2H3,(H,37,39)(H,38,43). The van der Waals surface area contributed by atoms with E-state index < -0.39 is 17.7 Å². The molecule has 4 aromatic rings. The van der Waals surface area contributed by atoms with Crippen LogP contribution in [0.3, 0.4) is 0 Å². The quantitative estimate of drug-likeness (QED) is 0.214.